The van der Waals surface area contributed by atoms with Gasteiger partial charge in [-0.2, -0.15) is 5.10 Å². The van der Waals surface area contributed by atoms with Crippen molar-refractivity contribution < 1.29 is 4.79 Å². The number of hydrogen-bond acceptors (Lipinski definition) is 2. The van der Waals surface area contributed by atoms with Gasteiger partial charge in [0.25, 0.3) is 5.91 Å². The maximum atomic E-state index is 11.0. The van der Waals surface area contributed by atoms with Crippen LogP contribution in [0.15, 0.2) is 30.3 Å². The van der Waals surface area contributed by atoms with E-state index in [4.69, 9.17) is 5.73 Å². The van der Waals surface area contributed by atoms with Crippen LogP contribution >= 0.6 is 0 Å². The Labute approximate surface area is 87.1 Å². The van der Waals surface area contributed by atoms with E-state index in [-0.39, 0.29) is 0 Å². The van der Waals surface area contributed by atoms with Gasteiger partial charge in [-0.25, -0.2) is 0 Å². The number of carbonyl (C=O) groups is 1. The second kappa shape index (κ2) is 3.57. The Kier molecular flexibility index (Phi) is 2.25. The van der Waals surface area contributed by atoms with Gasteiger partial charge in [-0.3, -0.25) is 9.89 Å². The van der Waals surface area contributed by atoms with Gasteiger partial charge in [-0.05, 0) is 6.92 Å². The molecule has 0 atom stereocenters. The quantitative estimate of drug-likeness (QED) is 0.772. The molecule has 0 spiro atoms. The van der Waals surface area contributed by atoms with E-state index in [1.807, 2.05) is 37.3 Å². The fraction of sp³-hybridized carbons (Fsp3) is 0.0909. The van der Waals surface area contributed by atoms with Crippen LogP contribution in [0.4, 0.5) is 0 Å². The van der Waals surface area contributed by atoms with Gasteiger partial charge in [0.2, 0.25) is 0 Å². The Bertz CT molecular complexity index is 488. The maximum Gasteiger partial charge on any atom is 0.267 e. The molecule has 0 aliphatic heterocycles. The Balaban J connectivity index is 2.52. The van der Waals surface area contributed by atoms with Gasteiger partial charge >= 0.3 is 0 Å². The topological polar surface area (TPSA) is 71.8 Å². The lowest BCUT2D eigenvalue weighted by Gasteiger charge is -1.97. The number of benzene rings is 1. The smallest absolute Gasteiger partial charge is 0.267 e. The average molecular weight is 201 g/mol. The highest BCUT2D eigenvalue weighted by Crippen LogP contribution is 2.22. The first-order chi connectivity index (χ1) is 7.20. The van der Waals surface area contributed by atoms with Crippen molar-refractivity contribution in [2.24, 2.45) is 5.73 Å². The fourth-order valence-electron chi connectivity index (χ4n) is 1.51. The molecule has 4 heteroatoms. The zero-order valence-electron chi connectivity index (χ0n) is 8.32. The first kappa shape index (κ1) is 9.45. The number of rotatable bonds is 2. The molecule has 1 aromatic carbocycles. The van der Waals surface area contributed by atoms with Crippen LogP contribution in [0, 0.1) is 6.92 Å². The van der Waals surface area contributed by atoms with Crippen LogP contribution in [-0.4, -0.2) is 16.1 Å². The van der Waals surface area contributed by atoms with Crippen LogP contribution < -0.4 is 5.73 Å². The SMILES string of the molecule is Cc1c(-c2ccccc2)n[nH]c1C(N)=O. The van der Waals surface area contributed by atoms with Crippen molar-refractivity contribution in [1.82, 2.24) is 10.2 Å². The molecule has 15 heavy (non-hydrogen) atoms. The Morgan fingerprint density at radius 1 is 1.33 bits per heavy atom. The van der Waals surface area contributed by atoms with Crippen LogP contribution in [-0.2, 0) is 0 Å². The second-order valence-corrected chi connectivity index (χ2v) is 3.30. The molecule has 0 fully saturated rings. The van der Waals surface area contributed by atoms with E-state index in [1.54, 1.807) is 0 Å². The summed E-state index contributed by atoms with van der Waals surface area (Å²) in [5.74, 6) is -0.484. The minimum absolute atomic E-state index is 0.369. The van der Waals surface area contributed by atoms with Crippen molar-refractivity contribution in [1.29, 1.82) is 0 Å². The molecule has 2 rings (SSSR count). The lowest BCUT2D eigenvalue weighted by atomic mass is 10.1. The number of carbonyl (C=O) groups excluding carboxylic acids is 1. The number of primary amides is 1. The van der Waals surface area contributed by atoms with Crippen molar-refractivity contribution in [3.8, 4) is 11.3 Å². The summed E-state index contributed by atoms with van der Waals surface area (Å²) in [5.41, 5.74) is 8.09. The molecule has 76 valence electrons. The Hall–Kier alpha value is -2.10. The standard InChI is InChI=1S/C11H11N3O/c1-7-9(8-5-3-2-4-6-8)13-14-10(7)11(12)15/h2-6H,1H3,(H2,12,15)(H,13,14). The van der Waals surface area contributed by atoms with Gasteiger partial charge in [-0.15, -0.1) is 0 Å². The van der Waals surface area contributed by atoms with Crippen molar-refractivity contribution in [2.45, 2.75) is 6.92 Å². The third kappa shape index (κ3) is 1.61. The van der Waals surface area contributed by atoms with Crippen molar-refractivity contribution in [3.05, 3.63) is 41.6 Å². The van der Waals surface area contributed by atoms with Crippen molar-refractivity contribution in [3.63, 3.8) is 0 Å². The van der Waals surface area contributed by atoms with Gasteiger partial charge in [0, 0.05) is 11.1 Å². The van der Waals surface area contributed by atoms with E-state index in [1.165, 1.54) is 0 Å². The van der Waals surface area contributed by atoms with Crippen molar-refractivity contribution in [2.75, 3.05) is 0 Å². The highest BCUT2D eigenvalue weighted by atomic mass is 16.1. The molecule has 0 radical (unpaired) electrons. The fourth-order valence-corrected chi connectivity index (χ4v) is 1.51. The minimum atomic E-state index is -0.484. The summed E-state index contributed by atoms with van der Waals surface area (Å²) in [7, 11) is 0. The highest BCUT2D eigenvalue weighted by molar-refractivity contribution is 5.93. The monoisotopic (exact) mass is 201 g/mol. The maximum absolute atomic E-state index is 11.0. The lowest BCUT2D eigenvalue weighted by molar-refractivity contribution is 0.0995. The third-order valence-corrected chi connectivity index (χ3v) is 2.30. The number of H-pyrrole nitrogens is 1. The molecule has 1 amide bonds. The average Bonchev–Trinajstić information content (AvgIpc) is 2.61. The molecule has 0 saturated carbocycles. The summed E-state index contributed by atoms with van der Waals surface area (Å²) >= 11 is 0. The van der Waals surface area contributed by atoms with Crippen LogP contribution in [0.25, 0.3) is 11.3 Å². The number of aromatic nitrogens is 2. The number of nitrogens with zero attached hydrogens (tertiary/aromatic N) is 1. The Morgan fingerprint density at radius 3 is 2.53 bits per heavy atom. The zero-order valence-corrected chi connectivity index (χ0v) is 8.32. The van der Waals surface area contributed by atoms with Crippen molar-refractivity contribution >= 4 is 5.91 Å². The predicted molar refractivity (Wildman–Crippen MR) is 57.3 cm³/mol. The molecular weight excluding hydrogens is 190 g/mol. The van der Waals surface area contributed by atoms with Crippen LogP contribution in [0.1, 0.15) is 16.1 Å². The molecular formula is C11H11N3O. The molecule has 0 aliphatic carbocycles. The zero-order chi connectivity index (χ0) is 10.8. The largest absolute Gasteiger partial charge is 0.364 e. The van der Waals surface area contributed by atoms with Crippen LogP contribution in [0.2, 0.25) is 0 Å². The first-order valence-corrected chi connectivity index (χ1v) is 4.60. The summed E-state index contributed by atoms with van der Waals surface area (Å²) in [6.45, 7) is 1.83. The molecule has 1 aromatic heterocycles. The van der Waals surface area contributed by atoms with Gasteiger partial charge in [0.1, 0.15) is 5.69 Å². The minimum Gasteiger partial charge on any atom is -0.364 e. The highest BCUT2D eigenvalue weighted by Gasteiger charge is 2.13. The lowest BCUT2D eigenvalue weighted by Crippen LogP contribution is -2.12. The normalized spacial score (nSPS) is 10.2. The van der Waals surface area contributed by atoms with Gasteiger partial charge in [0.15, 0.2) is 0 Å². The number of nitrogens with two attached hydrogens (primary N) is 1. The molecule has 2 aromatic rings. The van der Waals surface area contributed by atoms with E-state index in [0.29, 0.717) is 5.69 Å². The molecule has 4 nitrogen and oxygen atoms in total. The number of nitrogens with one attached hydrogen (secondary N) is 1. The predicted octanol–water partition coefficient (Wildman–Crippen LogP) is 1.48. The number of amides is 1. The third-order valence-electron chi connectivity index (χ3n) is 2.30. The summed E-state index contributed by atoms with van der Waals surface area (Å²) in [4.78, 5) is 11.0. The van der Waals surface area contributed by atoms with Gasteiger partial charge in [-0.1, -0.05) is 30.3 Å². The van der Waals surface area contributed by atoms with Crippen LogP contribution in [0.5, 0.6) is 0 Å². The summed E-state index contributed by atoms with van der Waals surface area (Å²) in [6.07, 6.45) is 0. The Morgan fingerprint density at radius 2 is 2.00 bits per heavy atom. The number of aromatic amines is 1. The van der Waals surface area contributed by atoms with E-state index in [9.17, 15) is 4.79 Å². The summed E-state index contributed by atoms with van der Waals surface area (Å²) < 4.78 is 0. The molecule has 0 saturated heterocycles. The summed E-state index contributed by atoms with van der Waals surface area (Å²) in [6, 6.07) is 9.66. The van der Waals surface area contributed by atoms with E-state index >= 15 is 0 Å². The van der Waals surface area contributed by atoms with E-state index in [0.717, 1.165) is 16.8 Å². The molecule has 1 heterocycles. The van der Waals surface area contributed by atoms with Gasteiger partial charge < -0.3 is 5.73 Å². The number of hydrogen-bond donors (Lipinski definition) is 2. The molecule has 0 unspecified atom stereocenters. The molecule has 0 aliphatic rings. The molecule has 3 N–H and O–H groups in total. The molecule has 0 bridgehead atoms. The second-order valence-electron chi connectivity index (χ2n) is 3.30. The van der Waals surface area contributed by atoms with E-state index in [2.05, 4.69) is 10.2 Å². The first-order valence-electron chi connectivity index (χ1n) is 4.60. The van der Waals surface area contributed by atoms with E-state index < -0.39 is 5.91 Å². The van der Waals surface area contributed by atoms with Gasteiger partial charge in [0.05, 0.1) is 5.69 Å². The van der Waals surface area contributed by atoms with Crippen LogP contribution in [0.3, 0.4) is 0 Å². The summed E-state index contributed by atoms with van der Waals surface area (Å²) in [5, 5.41) is 6.73.